The Morgan fingerprint density at radius 2 is 2.00 bits per heavy atom. The summed E-state index contributed by atoms with van der Waals surface area (Å²) in [4.78, 5) is 17.3. The molecule has 29 heavy (non-hydrogen) atoms. The van der Waals surface area contributed by atoms with Crippen LogP contribution in [0.1, 0.15) is 46.4 Å². The molecule has 5 nitrogen and oxygen atoms in total. The standard InChI is InChI=1S/C18H15Cl2F3N4OS/c1-9(2)27-15(18(21,22)23)13(8-25-27)16(28)26-17-24-7-12(29-17)6-10-5-11(19)3-4-14(10)20/h3-5,7-9H,6H2,1-2H3,(H,24,26,28). The van der Waals surface area contributed by atoms with Crippen molar-refractivity contribution in [3.63, 3.8) is 0 Å². The van der Waals surface area contributed by atoms with Gasteiger partial charge < -0.3 is 0 Å². The summed E-state index contributed by atoms with van der Waals surface area (Å²) in [5, 5.41) is 7.36. The van der Waals surface area contributed by atoms with Crippen LogP contribution < -0.4 is 5.32 Å². The van der Waals surface area contributed by atoms with E-state index in [1.807, 2.05) is 0 Å². The predicted molar refractivity (Wildman–Crippen MR) is 107 cm³/mol. The van der Waals surface area contributed by atoms with Crippen LogP contribution in [0.15, 0.2) is 30.6 Å². The van der Waals surface area contributed by atoms with Crippen molar-refractivity contribution < 1.29 is 18.0 Å². The Labute approximate surface area is 178 Å². The molecular formula is C18H15Cl2F3N4OS. The molecule has 0 bridgehead atoms. The minimum absolute atomic E-state index is 0.175. The molecule has 0 unspecified atom stereocenters. The van der Waals surface area contributed by atoms with Crippen LogP contribution in [0.4, 0.5) is 18.3 Å². The van der Waals surface area contributed by atoms with Crippen LogP contribution in [0.25, 0.3) is 0 Å². The molecule has 0 aliphatic heterocycles. The van der Waals surface area contributed by atoms with Gasteiger partial charge in [0.1, 0.15) is 0 Å². The topological polar surface area (TPSA) is 59.8 Å². The predicted octanol–water partition coefficient (Wildman–Crippen LogP) is 6.09. The number of alkyl halides is 3. The van der Waals surface area contributed by atoms with Crippen molar-refractivity contribution in [3.05, 3.63) is 62.3 Å². The fourth-order valence-electron chi connectivity index (χ4n) is 2.68. The maximum atomic E-state index is 13.4. The minimum Gasteiger partial charge on any atom is -0.298 e. The summed E-state index contributed by atoms with van der Waals surface area (Å²) in [7, 11) is 0. The second-order valence-corrected chi connectivity index (χ2v) is 8.40. The first-order valence-corrected chi connectivity index (χ1v) is 9.98. The van der Waals surface area contributed by atoms with Gasteiger partial charge in [-0.15, -0.1) is 11.3 Å². The smallest absolute Gasteiger partial charge is 0.298 e. The van der Waals surface area contributed by atoms with Crippen molar-refractivity contribution in [2.75, 3.05) is 5.32 Å². The molecule has 3 rings (SSSR count). The first kappa shape index (κ1) is 21.6. The van der Waals surface area contributed by atoms with E-state index in [1.54, 1.807) is 32.0 Å². The molecule has 0 atom stereocenters. The molecule has 3 aromatic rings. The molecule has 2 heterocycles. The molecule has 154 valence electrons. The number of rotatable bonds is 5. The average molecular weight is 463 g/mol. The number of nitrogens with zero attached hydrogens (tertiary/aromatic N) is 3. The largest absolute Gasteiger partial charge is 0.433 e. The molecule has 0 saturated heterocycles. The fraction of sp³-hybridized carbons (Fsp3) is 0.278. The van der Waals surface area contributed by atoms with Crippen molar-refractivity contribution >= 4 is 45.6 Å². The third-order valence-electron chi connectivity index (χ3n) is 3.94. The van der Waals surface area contributed by atoms with Gasteiger partial charge in [0.15, 0.2) is 10.8 Å². The molecule has 0 radical (unpaired) electrons. The van der Waals surface area contributed by atoms with E-state index in [-0.39, 0.29) is 5.13 Å². The first-order valence-electron chi connectivity index (χ1n) is 8.41. The van der Waals surface area contributed by atoms with E-state index in [0.29, 0.717) is 16.5 Å². The number of anilines is 1. The lowest BCUT2D eigenvalue weighted by molar-refractivity contribution is -0.145. The molecule has 0 aliphatic carbocycles. The average Bonchev–Trinajstić information content (AvgIpc) is 3.24. The van der Waals surface area contributed by atoms with Crippen LogP contribution in [0.3, 0.4) is 0 Å². The molecule has 1 amide bonds. The number of aromatic nitrogens is 3. The lowest BCUT2D eigenvalue weighted by Crippen LogP contribution is -2.22. The molecule has 11 heteroatoms. The first-order chi connectivity index (χ1) is 13.6. The molecule has 1 aromatic carbocycles. The Hall–Kier alpha value is -2.10. The van der Waals surface area contributed by atoms with E-state index in [4.69, 9.17) is 23.2 Å². The van der Waals surface area contributed by atoms with Gasteiger partial charge in [-0.25, -0.2) is 4.98 Å². The van der Waals surface area contributed by atoms with Gasteiger partial charge in [0.2, 0.25) is 0 Å². The summed E-state index contributed by atoms with van der Waals surface area (Å²) in [5.74, 6) is -0.925. The quantitative estimate of drug-likeness (QED) is 0.498. The second-order valence-electron chi connectivity index (χ2n) is 6.44. The number of carbonyl (C=O) groups excluding carboxylic acids is 1. The number of carbonyl (C=O) groups is 1. The highest BCUT2D eigenvalue weighted by Crippen LogP contribution is 2.34. The fourth-order valence-corrected chi connectivity index (χ4v) is 3.89. The number of thiazole rings is 1. The van der Waals surface area contributed by atoms with Gasteiger partial charge in [0, 0.05) is 33.6 Å². The molecular weight excluding hydrogens is 448 g/mol. The third-order valence-corrected chi connectivity index (χ3v) is 5.46. The number of benzene rings is 1. The maximum Gasteiger partial charge on any atom is 0.433 e. The van der Waals surface area contributed by atoms with E-state index >= 15 is 0 Å². The van der Waals surface area contributed by atoms with Crippen LogP contribution in [0.2, 0.25) is 10.0 Å². The molecule has 1 N–H and O–H groups in total. The summed E-state index contributed by atoms with van der Waals surface area (Å²) in [6.45, 7) is 3.11. The Bertz CT molecular complexity index is 1050. The van der Waals surface area contributed by atoms with Crippen LogP contribution in [0.5, 0.6) is 0 Å². The van der Waals surface area contributed by atoms with Crippen molar-refractivity contribution in [1.82, 2.24) is 14.8 Å². The Balaban J connectivity index is 1.80. The molecule has 0 spiro atoms. The minimum atomic E-state index is -4.72. The van der Waals surface area contributed by atoms with Gasteiger partial charge in [-0.1, -0.05) is 23.2 Å². The Morgan fingerprint density at radius 1 is 1.28 bits per heavy atom. The van der Waals surface area contributed by atoms with E-state index < -0.39 is 29.4 Å². The normalized spacial score (nSPS) is 11.9. The van der Waals surface area contributed by atoms with Gasteiger partial charge in [-0.3, -0.25) is 14.8 Å². The van der Waals surface area contributed by atoms with Crippen LogP contribution in [0, 0.1) is 0 Å². The summed E-state index contributed by atoms with van der Waals surface area (Å²) < 4.78 is 41.1. The van der Waals surface area contributed by atoms with Gasteiger partial charge in [-0.2, -0.15) is 18.3 Å². The number of hydrogen-bond acceptors (Lipinski definition) is 4. The highest BCUT2D eigenvalue weighted by atomic mass is 35.5. The second kappa shape index (κ2) is 8.33. The van der Waals surface area contributed by atoms with E-state index in [0.717, 1.165) is 32.7 Å². The summed E-state index contributed by atoms with van der Waals surface area (Å²) >= 11 is 13.3. The van der Waals surface area contributed by atoms with Crippen molar-refractivity contribution in [2.24, 2.45) is 0 Å². The van der Waals surface area contributed by atoms with Gasteiger partial charge >= 0.3 is 6.18 Å². The van der Waals surface area contributed by atoms with Crippen molar-refractivity contribution in [1.29, 1.82) is 0 Å². The third kappa shape index (κ3) is 4.91. The molecule has 0 saturated carbocycles. The van der Waals surface area contributed by atoms with E-state index in [1.165, 1.54) is 6.20 Å². The summed E-state index contributed by atoms with van der Waals surface area (Å²) in [6.07, 6.45) is -1.85. The molecule has 0 aliphatic rings. The lowest BCUT2D eigenvalue weighted by atomic mass is 10.1. The number of nitrogens with one attached hydrogen (secondary N) is 1. The van der Waals surface area contributed by atoms with Crippen LogP contribution in [-0.2, 0) is 12.6 Å². The Kier molecular flexibility index (Phi) is 6.21. The summed E-state index contributed by atoms with van der Waals surface area (Å²) in [5.41, 5.74) is -0.869. The number of amides is 1. The molecule has 0 fully saturated rings. The SMILES string of the molecule is CC(C)n1ncc(C(=O)Nc2ncc(Cc3cc(Cl)ccc3Cl)s2)c1C(F)(F)F. The zero-order valence-electron chi connectivity index (χ0n) is 15.2. The highest BCUT2D eigenvalue weighted by molar-refractivity contribution is 7.15. The van der Waals surface area contributed by atoms with Crippen molar-refractivity contribution in [3.8, 4) is 0 Å². The monoisotopic (exact) mass is 462 g/mol. The highest BCUT2D eigenvalue weighted by Gasteiger charge is 2.40. The number of halogens is 5. The summed E-state index contributed by atoms with van der Waals surface area (Å²) in [6, 6.07) is 4.51. The maximum absolute atomic E-state index is 13.4. The van der Waals surface area contributed by atoms with Gasteiger partial charge in [-0.05, 0) is 37.6 Å². The molecule has 2 aromatic heterocycles. The van der Waals surface area contributed by atoms with Crippen molar-refractivity contribution in [2.45, 2.75) is 32.5 Å². The van der Waals surface area contributed by atoms with E-state index in [2.05, 4.69) is 15.4 Å². The lowest BCUT2D eigenvalue weighted by Gasteiger charge is -2.14. The Morgan fingerprint density at radius 3 is 2.66 bits per heavy atom. The van der Waals surface area contributed by atoms with E-state index in [9.17, 15) is 18.0 Å². The van der Waals surface area contributed by atoms with Crippen LogP contribution in [-0.4, -0.2) is 20.7 Å². The zero-order valence-corrected chi connectivity index (χ0v) is 17.5. The number of hydrogen-bond donors (Lipinski definition) is 1. The van der Waals surface area contributed by atoms with Gasteiger partial charge in [0.25, 0.3) is 5.91 Å². The van der Waals surface area contributed by atoms with Crippen LogP contribution >= 0.6 is 34.5 Å². The zero-order chi connectivity index (χ0) is 21.3. The van der Waals surface area contributed by atoms with Gasteiger partial charge in [0.05, 0.1) is 11.8 Å².